The summed E-state index contributed by atoms with van der Waals surface area (Å²) in [5.41, 5.74) is 4.86. The molecule has 180 valence electrons. The summed E-state index contributed by atoms with van der Waals surface area (Å²) < 4.78 is 10.2. The van der Waals surface area contributed by atoms with Crippen LogP contribution in [0.2, 0.25) is 0 Å². The third kappa shape index (κ3) is 3.31. The van der Waals surface area contributed by atoms with E-state index in [1.54, 1.807) is 11.0 Å². The Morgan fingerprint density at radius 1 is 1.03 bits per heavy atom. The first kappa shape index (κ1) is 22.0. The van der Waals surface area contributed by atoms with Gasteiger partial charge in [-0.2, -0.15) is 0 Å². The van der Waals surface area contributed by atoms with Crippen LogP contribution in [0.4, 0.5) is 5.69 Å². The van der Waals surface area contributed by atoms with Gasteiger partial charge < -0.3 is 19.5 Å². The molecule has 0 unspecified atom stereocenters. The Balaban J connectivity index is 1.20. The summed E-state index contributed by atoms with van der Waals surface area (Å²) in [6, 6.07) is 11.3. The van der Waals surface area contributed by atoms with Crippen LogP contribution >= 0.6 is 0 Å². The van der Waals surface area contributed by atoms with E-state index in [9.17, 15) is 19.5 Å². The van der Waals surface area contributed by atoms with Crippen molar-refractivity contribution in [3.63, 3.8) is 0 Å². The normalized spacial score (nSPS) is 21.6. The van der Waals surface area contributed by atoms with Gasteiger partial charge in [0.1, 0.15) is 13.2 Å². The quantitative estimate of drug-likeness (QED) is 0.681. The van der Waals surface area contributed by atoms with Gasteiger partial charge in [0.2, 0.25) is 5.91 Å². The Morgan fingerprint density at radius 2 is 1.80 bits per heavy atom. The van der Waals surface area contributed by atoms with Gasteiger partial charge in [-0.1, -0.05) is 24.3 Å². The Morgan fingerprint density at radius 3 is 2.54 bits per heavy atom. The summed E-state index contributed by atoms with van der Waals surface area (Å²) in [7, 11) is 0. The molecule has 0 aliphatic carbocycles. The van der Waals surface area contributed by atoms with Gasteiger partial charge in [0.05, 0.1) is 28.5 Å². The van der Waals surface area contributed by atoms with E-state index in [2.05, 4.69) is 4.90 Å². The Bertz CT molecular complexity index is 1290. The predicted octanol–water partition coefficient (Wildman–Crippen LogP) is 2.52. The summed E-state index contributed by atoms with van der Waals surface area (Å²) in [4.78, 5) is 41.1. The van der Waals surface area contributed by atoms with Crippen LogP contribution in [0.1, 0.15) is 51.6 Å². The number of benzene rings is 2. The molecule has 35 heavy (non-hydrogen) atoms. The van der Waals surface area contributed by atoms with Crippen molar-refractivity contribution in [2.24, 2.45) is 0 Å². The van der Waals surface area contributed by atoms with Crippen LogP contribution in [0.25, 0.3) is 0 Å². The molecule has 6 rings (SSSR count). The van der Waals surface area contributed by atoms with Crippen molar-refractivity contribution in [3.8, 4) is 0 Å². The second-order valence-electron chi connectivity index (χ2n) is 9.68. The number of rotatable bonds is 4. The number of esters is 2. The number of hydrogen-bond donors (Lipinski definition) is 1. The van der Waals surface area contributed by atoms with Crippen molar-refractivity contribution >= 4 is 23.5 Å². The molecule has 1 saturated heterocycles. The van der Waals surface area contributed by atoms with Crippen molar-refractivity contribution in [1.29, 1.82) is 0 Å². The maximum absolute atomic E-state index is 13.8. The SMILES string of the molecule is Cc1c([C@H](O)CN2CCC3(CC2)C(=O)N(C2=CC(=O)OC2)c2ccccc23)ccc2c1COC2=O. The molecule has 0 radical (unpaired) electrons. The maximum Gasteiger partial charge on any atom is 0.338 e. The molecule has 1 atom stereocenters. The lowest BCUT2D eigenvalue weighted by Crippen LogP contribution is -2.49. The summed E-state index contributed by atoms with van der Waals surface area (Å²) in [5, 5.41) is 11.0. The maximum atomic E-state index is 13.8. The first-order valence-corrected chi connectivity index (χ1v) is 11.9. The van der Waals surface area contributed by atoms with Crippen molar-refractivity contribution in [2.45, 2.75) is 37.9 Å². The van der Waals surface area contributed by atoms with Gasteiger partial charge in [-0.3, -0.25) is 9.69 Å². The Labute approximate surface area is 202 Å². The van der Waals surface area contributed by atoms with E-state index in [4.69, 9.17) is 9.47 Å². The van der Waals surface area contributed by atoms with E-state index >= 15 is 0 Å². The molecule has 4 heterocycles. The molecule has 2 aromatic rings. The van der Waals surface area contributed by atoms with Gasteiger partial charge in [0.25, 0.3) is 0 Å². The molecule has 1 amide bonds. The number of aliphatic hydroxyl groups excluding tert-OH is 1. The number of para-hydroxylation sites is 1. The van der Waals surface area contributed by atoms with Gasteiger partial charge in [-0.05, 0) is 61.7 Å². The minimum absolute atomic E-state index is 0.0115. The van der Waals surface area contributed by atoms with Crippen LogP contribution in [-0.2, 0) is 31.1 Å². The second-order valence-corrected chi connectivity index (χ2v) is 9.68. The minimum atomic E-state index is -0.708. The largest absolute Gasteiger partial charge is 0.457 e. The molecule has 1 N–H and O–H groups in total. The average Bonchev–Trinajstić information content (AvgIpc) is 3.52. The molecular formula is C27H26N2O6. The van der Waals surface area contributed by atoms with Crippen molar-refractivity contribution in [1.82, 2.24) is 4.90 Å². The molecule has 1 spiro atoms. The van der Waals surface area contributed by atoms with E-state index in [-0.39, 0.29) is 25.1 Å². The standard InChI is InChI=1S/C27H26N2O6/c1-16-18(6-7-19-20(16)15-35-25(19)32)23(30)13-28-10-8-27(9-11-28)21-4-2-3-5-22(21)29(26(27)33)17-12-24(31)34-14-17/h2-7,12,23,30H,8-11,13-15H2,1H3/t23-/m1/s1. The van der Waals surface area contributed by atoms with Crippen LogP contribution in [0.15, 0.2) is 48.2 Å². The van der Waals surface area contributed by atoms with Gasteiger partial charge in [-0.25, -0.2) is 9.59 Å². The molecule has 4 aliphatic rings. The molecule has 0 saturated carbocycles. The number of nitrogens with zero attached hydrogens (tertiary/aromatic N) is 2. The van der Waals surface area contributed by atoms with Gasteiger partial charge >= 0.3 is 11.9 Å². The fraction of sp³-hybridized carbons (Fsp3) is 0.370. The number of piperidine rings is 1. The number of hydrogen-bond acceptors (Lipinski definition) is 7. The van der Waals surface area contributed by atoms with Crippen molar-refractivity contribution in [2.75, 3.05) is 31.1 Å². The number of β-amino-alcohol motifs (C(OH)–C–C–N with tert-alkyl or cyclic N) is 1. The topological polar surface area (TPSA) is 96.4 Å². The molecule has 8 nitrogen and oxygen atoms in total. The Kier molecular flexibility index (Phi) is 5.05. The number of amides is 1. The van der Waals surface area contributed by atoms with Crippen molar-refractivity contribution in [3.05, 3.63) is 76.0 Å². The highest BCUT2D eigenvalue weighted by atomic mass is 16.5. The lowest BCUT2D eigenvalue weighted by atomic mass is 9.73. The molecule has 8 heteroatoms. The fourth-order valence-corrected chi connectivity index (χ4v) is 5.96. The fourth-order valence-electron chi connectivity index (χ4n) is 5.96. The van der Waals surface area contributed by atoms with E-state index < -0.39 is 17.5 Å². The first-order valence-electron chi connectivity index (χ1n) is 11.9. The number of likely N-dealkylation sites (tertiary alicyclic amines) is 1. The van der Waals surface area contributed by atoms with Gasteiger partial charge in [0, 0.05) is 18.2 Å². The number of carbonyl (C=O) groups is 3. The summed E-state index contributed by atoms with van der Waals surface area (Å²) >= 11 is 0. The van der Waals surface area contributed by atoms with E-state index in [1.807, 2.05) is 37.3 Å². The number of carbonyl (C=O) groups excluding carboxylic acids is 3. The Hall–Kier alpha value is -3.49. The third-order valence-corrected chi connectivity index (χ3v) is 7.91. The van der Waals surface area contributed by atoms with Crippen molar-refractivity contribution < 1.29 is 29.0 Å². The van der Waals surface area contributed by atoms with E-state index in [0.717, 1.165) is 27.9 Å². The van der Waals surface area contributed by atoms with Crippen LogP contribution in [-0.4, -0.2) is 54.1 Å². The zero-order valence-electron chi connectivity index (χ0n) is 19.5. The molecular weight excluding hydrogens is 448 g/mol. The number of aliphatic hydroxyl groups is 1. The lowest BCUT2D eigenvalue weighted by molar-refractivity contribution is -0.135. The van der Waals surface area contributed by atoms with Crippen LogP contribution in [0.5, 0.6) is 0 Å². The molecule has 0 bridgehead atoms. The highest BCUT2D eigenvalue weighted by Crippen LogP contribution is 2.49. The molecule has 0 aromatic heterocycles. The van der Waals surface area contributed by atoms with Crippen LogP contribution in [0, 0.1) is 6.92 Å². The van der Waals surface area contributed by atoms with Crippen LogP contribution < -0.4 is 4.90 Å². The number of cyclic esters (lactones) is 2. The number of anilines is 1. The lowest BCUT2D eigenvalue weighted by Gasteiger charge is -2.39. The first-order chi connectivity index (χ1) is 16.9. The van der Waals surface area contributed by atoms with E-state index in [1.165, 1.54) is 6.08 Å². The summed E-state index contributed by atoms with van der Waals surface area (Å²) in [5.74, 6) is -0.749. The zero-order valence-corrected chi connectivity index (χ0v) is 19.5. The molecule has 4 aliphatic heterocycles. The number of fused-ring (bicyclic) bond motifs is 3. The second kappa shape index (κ2) is 8.03. The smallest absolute Gasteiger partial charge is 0.338 e. The van der Waals surface area contributed by atoms with Gasteiger partial charge in [0.15, 0.2) is 0 Å². The molecule has 1 fully saturated rings. The molecule has 2 aromatic carbocycles. The monoisotopic (exact) mass is 474 g/mol. The highest BCUT2D eigenvalue weighted by molar-refractivity contribution is 6.11. The summed E-state index contributed by atoms with van der Waals surface area (Å²) in [6.45, 7) is 4.02. The third-order valence-electron chi connectivity index (χ3n) is 7.91. The average molecular weight is 475 g/mol. The van der Waals surface area contributed by atoms with E-state index in [0.29, 0.717) is 43.7 Å². The summed E-state index contributed by atoms with van der Waals surface area (Å²) in [6.07, 6.45) is 1.94. The van der Waals surface area contributed by atoms with Gasteiger partial charge in [-0.15, -0.1) is 0 Å². The predicted molar refractivity (Wildman–Crippen MR) is 126 cm³/mol. The number of ether oxygens (including phenoxy) is 2. The van der Waals surface area contributed by atoms with Crippen LogP contribution in [0.3, 0.4) is 0 Å². The minimum Gasteiger partial charge on any atom is -0.457 e. The zero-order chi connectivity index (χ0) is 24.3. The highest BCUT2D eigenvalue weighted by Gasteiger charge is 2.53.